The van der Waals surface area contributed by atoms with Gasteiger partial charge in [-0.25, -0.2) is 4.79 Å². The zero-order valence-corrected chi connectivity index (χ0v) is 38.0. The van der Waals surface area contributed by atoms with Gasteiger partial charge in [-0.05, 0) is 116 Å². The maximum absolute atomic E-state index is 14.7. The summed E-state index contributed by atoms with van der Waals surface area (Å²) in [6.07, 6.45) is 25.6. The molecule has 0 aliphatic carbocycles. The number of esters is 3. The van der Waals surface area contributed by atoms with Crippen LogP contribution in [0.2, 0.25) is 0 Å². The molecule has 0 spiro atoms. The molecule has 0 unspecified atom stereocenters. The largest absolute Gasteiger partial charge is 0.459 e. The second kappa shape index (κ2) is 31.4. The van der Waals surface area contributed by atoms with Crippen molar-refractivity contribution in [3.8, 4) is 0 Å². The lowest BCUT2D eigenvalue weighted by atomic mass is 9.84. The van der Waals surface area contributed by atoms with Crippen molar-refractivity contribution in [1.29, 1.82) is 0 Å². The van der Waals surface area contributed by atoms with E-state index in [0.29, 0.717) is 19.3 Å². The fraction of sp³-hybridized carbons (Fsp3) is 0.938. The Kier molecular flexibility index (Phi) is 30.4. The third kappa shape index (κ3) is 22.2. The van der Waals surface area contributed by atoms with Crippen molar-refractivity contribution in [2.75, 3.05) is 0 Å². The molecule has 326 valence electrons. The van der Waals surface area contributed by atoms with Gasteiger partial charge in [0.15, 0.2) is 5.60 Å². The van der Waals surface area contributed by atoms with Crippen molar-refractivity contribution < 1.29 is 33.7 Å². The Hall–Kier alpha value is -1.63. The van der Waals surface area contributed by atoms with Crippen LogP contribution in [0.3, 0.4) is 0 Å². The summed E-state index contributed by atoms with van der Waals surface area (Å²) < 4.78 is 19.5. The predicted molar refractivity (Wildman–Crippen MR) is 230 cm³/mol. The van der Waals surface area contributed by atoms with Gasteiger partial charge in [-0.1, -0.05) is 139 Å². The number of rotatable bonds is 38. The van der Waals surface area contributed by atoms with Crippen LogP contribution in [0.5, 0.6) is 0 Å². The summed E-state index contributed by atoms with van der Waals surface area (Å²) in [5.41, 5.74) is -4.49. The summed E-state index contributed by atoms with van der Waals surface area (Å²) in [6, 6.07) is 0. The number of aliphatic hydroxyl groups is 1. The van der Waals surface area contributed by atoms with Crippen molar-refractivity contribution in [3.05, 3.63) is 0 Å². The molecule has 0 aromatic heterocycles. The zero-order valence-electron chi connectivity index (χ0n) is 38.0. The number of ether oxygens (including phenoxy) is 3. The Morgan fingerprint density at radius 3 is 0.800 bits per heavy atom. The van der Waals surface area contributed by atoms with Gasteiger partial charge in [-0.2, -0.15) is 0 Å². The number of hydrogen-bond acceptors (Lipinski definition) is 7. The maximum Gasteiger partial charge on any atom is 0.339 e. The molecule has 0 saturated carbocycles. The lowest BCUT2D eigenvalue weighted by molar-refractivity contribution is -0.198. The number of unbranched alkanes of at least 4 members (excludes halogenated alkanes) is 12. The van der Waals surface area contributed by atoms with E-state index in [1.54, 1.807) is 0 Å². The Balaban J connectivity index is 7.07. The number of carbonyl (C=O) groups is 3. The molecule has 0 aromatic rings. The van der Waals surface area contributed by atoms with Crippen LogP contribution >= 0.6 is 0 Å². The lowest BCUT2D eigenvalue weighted by Gasteiger charge is -2.39. The SMILES string of the molecule is CCCCCC(CCCC)(CCCC)OC(=O)CC(O)(CC(=O)OC(CCCC)(CCCC)CCCCC)C(=O)OC(CCCC)(CCCC)CCCCC. The summed E-state index contributed by atoms with van der Waals surface area (Å²) >= 11 is 0. The Bertz CT molecular complexity index is 901. The third-order valence-electron chi connectivity index (χ3n) is 11.8. The summed E-state index contributed by atoms with van der Waals surface area (Å²) in [4.78, 5) is 43.1. The van der Waals surface area contributed by atoms with Gasteiger partial charge in [0.1, 0.15) is 16.8 Å². The van der Waals surface area contributed by atoms with E-state index in [1.165, 1.54) is 0 Å². The monoisotopic (exact) mass is 781 g/mol. The van der Waals surface area contributed by atoms with Crippen LogP contribution in [-0.2, 0) is 28.6 Å². The van der Waals surface area contributed by atoms with E-state index in [9.17, 15) is 19.5 Å². The molecule has 0 saturated heterocycles. The van der Waals surface area contributed by atoms with Gasteiger partial charge in [0.25, 0.3) is 0 Å². The van der Waals surface area contributed by atoms with Gasteiger partial charge in [0.2, 0.25) is 0 Å². The Labute approximate surface area is 341 Å². The molecule has 0 bridgehead atoms. The quantitative estimate of drug-likeness (QED) is 0.0378. The second-order valence-electron chi connectivity index (χ2n) is 17.3. The molecular formula is C48H92O7. The van der Waals surface area contributed by atoms with Crippen LogP contribution in [0.4, 0.5) is 0 Å². The minimum Gasteiger partial charge on any atom is -0.459 e. The molecule has 0 rings (SSSR count). The van der Waals surface area contributed by atoms with Crippen LogP contribution in [0, 0.1) is 0 Å². The first-order chi connectivity index (χ1) is 26.4. The molecule has 0 fully saturated rings. The summed E-state index contributed by atoms with van der Waals surface area (Å²) in [6.45, 7) is 19.3. The standard InChI is InChI=1S/C48H92O7/c1-10-19-28-37-45(31-22-13-4,32-23-14-5)53-42(49)40-48(52,44(51)55-47(35-26-17-8,36-27-18-9)39-30-21-12-3)41-43(50)54-46(33-24-15-6,34-25-16-7)38-29-20-11-2/h52H,10-41H2,1-9H3. The predicted octanol–water partition coefficient (Wildman–Crippen LogP) is 14.2. The first-order valence-electron chi connectivity index (χ1n) is 23.8. The maximum atomic E-state index is 14.7. The highest BCUT2D eigenvalue weighted by Crippen LogP contribution is 2.38. The van der Waals surface area contributed by atoms with Gasteiger partial charge in [0.05, 0.1) is 12.8 Å². The van der Waals surface area contributed by atoms with E-state index >= 15 is 0 Å². The van der Waals surface area contributed by atoms with Gasteiger partial charge >= 0.3 is 17.9 Å². The fourth-order valence-corrected chi connectivity index (χ4v) is 8.20. The Morgan fingerprint density at radius 1 is 0.345 bits per heavy atom. The Morgan fingerprint density at radius 2 is 0.564 bits per heavy atom. The first kappa shape index (κ1) is 53.4. The van der Waals surface area contributed by atoms with Gasteiger partial charge < -0.3 is 19.3 Å². The fourth-order valence-electron chi connectivity index (χ4n) is 8.20. The molecule has 7 nitrogen and oxygen atoms in total. The average molecular weight is 781 g/mol. The highest BCUT2D eigenvalue weighted by atomic mass is 16.6. The lowest BCUT2D eigenvalue weighted by Crippen LogP contribution is -2.50. The third-order valence-corrected chi connectivity index (χ3v) is 11.8. The molecule has 0 aliphatic rings. The summed E-state index contributed by atoms with van der Waals surface area (Å²) in [7, 11) is 0. The smallest absolute Gasteiger partial charge is 0.339 e. The van der Waals surface area contributed by atoms with E-state index < -0.39 is 53.2 Å². The topological polar surface area (TPSA) is 99.1 Å². The van der Waals surface area contributed by atoms with Crippen molar-refractivity contribution >= 4 is 17.9 Å². The van der Waals surface area contributed by atoms with Gasteiger partial charge in [-0.3, -0.25) is 9.59 Å². The molecule has 0 heterocycles. The van der Waals surface area contributed by atoms with Crippen molar-refractivity contribution in [1.82, 2.24) is 0 Å². The molecule has 1 N–H and O–H groups in total. The van der Waals surface area contributed by atoms with Crippen LogP contribution in [0.15, 0.2) is 0 Å². The van der Waals surface area contributed by atoms with Crippen molar-refractivity contribution in [2.45, 2.75) is 290 Å². The molecule has 7 heteroatoms. The van der Waals surface area contributed by atoms with Gasteiger partial charge in [-0.15, -0.1) is 0 Å². The second-order valence-corrected chi connectivity index (χ2v) is 17.3. The van der Waals surface area contributed by atoms with Crippen LogP contribution < -0.4 is 0 Å². The molecule has 55 heavy (non-hydrogen) atoms. The minimum absolute atomic E-state index is 0.631. The normalized spacial score (nSPS) is 12.5. The van der Waals surface area contributed by atoms with Crippen LogP contribution in [-0.4, -0.2) is 45.4 Å². The van der Waals surface area contributed by atoms with Gasteiger partial charge in [0, 0.05) is 0 Å². The average Bonchev–Trinajstić information content (AvgIpc) is 3.16. The molecule has 0 radical (unpaired) electrons. The molecule has 0 aromatic carbocycles. The highest BCUT2D eigenvalue weighted by Gasteiger charge is 2.49. The summed E-state index contributed by atoms with van der Waals surface area (Å²) in [5, 5.41) is 12.6. The molecule has 0 atom stereocenters. The molecular weight excluding hydrogens is 689 g/mol. The highest BCUT2D eigenvalue weighted by molar-refractivity contribution is 5.90. The molecule has 0 aliphatic heterocycles. The van der Waals surface area contributed by atoms with E-state index in [4.69, 9.17) is 14.2 Å². The zero-order chi connectivity index (χ0) is 41.5. The first-order valence-corrected chi connectivity index (χ1v) is 23.8. The van der Waals surface area contributed by atoms with Crippen LogP contribution in [0.1, 0.15) is 268 Å². The van der Waals surface area contributed by atoms with Crippen molar-refractivity contribution in [2.24, 2.45) is 0 Å². The summed E-state index contributed by atoms with van der Waals surface area (Å²) in [5.74, 6) is -2.16. The van der Waals surface area contributed by atoms with E-state index in [-0.39, 0.29) is 0 Å². The number of carbonyl (C=O) groups excluding carboxylic acids is 3. The van der Waals surface area contributed by atoms with Crippen molar-refractivity contribution in [3.63, 3.8) is 0 Å². The minimum atomic E-state index is -2.40. The number of hydrogen-bond donors (Lipinski definition) is 1. The van der Waals surface area contributed by atoms with E-state index in [2.05, 4.69) is 62.3 Å². The van der Waals surface area contributed by atoms with Crippen LogP contribution in [0.25, 0.3) is 0 Å². The van der Waals surface area contributed by atoms with E-state index in [0.717, 1.165) is 173 Å². The van der Waals surface area contributed by atoms with E-state index in [1.807, 2.05) is 0 Å². The molecule has 0 amide bonds.